The van der Waals surface area contributed by atoms with Gasteiger partial charge in [-0.1, -0.05) is 12.1 Å². The third kappa shape index (κ3) is 6.50. The summed E-state index contributed by atoms with van der Waals surface area (Å²) in [5.41, 5.74) is 8.32. The van der Waals surface area contributed by atoms with Gasteiger partial charge in [-0.2, -0.15) is 0 Å². The maximum atomic E-state index is 6.02. The summed E-state index contributed by atoms with van der Waals surface area (Å²) in [6.07, 6.45) is 3.64. The van der Waals surface area contributed by atoms with Gasteiger partial charge in [0.05, 0.1) is 26.4 Å². The Hall–Kier alpha value is -1.79. The van der Waals surface area contributed by atoms with Crippen molar-refractivity contribution < 1.29 is 9.47 Å². The van der Waals surface area contributed by atoms with E-state index in [4.69, 9.17) is 15.2 Å². The van der Waals surface area contributed by atoms with Crippen LogP contribution in [-0.4, -0.2) is 56.9 Å². The van der Waals surface area contributed by atoms with Crippen molar-refractivity contribution in [1.82, 2.24) is 10.2 Å². The zero-order chi connectivity index (χ0) is 18.2. The van der Waals surface area contributed by atoms with Gasteiger partial charge in [0.2, 0.25) is 0 Å². The molecule has 26 heavy (non-hydrogen) atoms. The molecule has 6 heteroatoms. The number of nitrogens with zero attached hydrogens (tertiary/aromatic N) is 2. The fourth-order valence-corrected chi connectivity index (χ4v) is 2.99. The topological polar surface area (TPSA) is 72.1 Å². The molecule has 3 N–H and O–H groups in total. The van der Waals surface area contributed by atoms with Gasteiger partial charge >= 0.3 is 0 Å². The fourth-order valence-electron chi connectivity index (χ4n) is 2.99. The summed E-state index contributed by atoms with van der Waals surface area (Å²) < 4.78 is 11.4. The van der Waals surface area contributed by atoms with Crippen molar-refractivity contribution in [2.24, 2.45) is 16.6 Å². The van der Waals surface area contributed by atoms with E-state index in [-0.39, 0.29) is 0 Å². The van der Waals surface area contributed by atoms with Crippen LogP contribution in [-0.2, 0) is 11.3 Å². The van der Waals surface area contributed by atoms with Crippen LogP contribution < -0.4 is 15.8 Å². The number of nitrogens with one attached hydrogen (secondary N) is 1. The molecule has 1 saturated carbocycles. The van der Waals surface area contributed by atoms with Crippen molar-refractivity contribution in [3.8, 4) is 5.75 Å². The van der Waals surface area contributed by atoms with Crippen molar-refractivity contribution in [3.63, 3.8) is 0 Å². The van der Waals surface area contributed by atoms with Gasteiger partial charge in [-0.05, 0) is 50.3 Å². The highest BCUT2D eigenvalue weighted by atomic mass is 16.5. The second-order valence-corrected chi connectivity index (χ2v) is 7.30. The molecular formula is C20H32N4O2. The zero-order valence-corrected chi connectivity index (χ0v) is 15.9. The fraction of sp³-hybridized carbons (Fsp3) is 0.650. The maximum absolute atomic E-state index is 6.02. The van der Waals surface area contributed by atoms with Gasteiger partial charge in [0, 0.05) is 25.2 Å². The molecular weight excluding hydrogens is 328 g/mol. The van der Waals surface area contributed by atoms with E-state index >= 15 is 0 Å². The number of aryl methyl sites for hydroxylation is 1. The standard InChI is InChI=1S/C20H32N4O2/c1-16-3-6-18(19(13-16)26-15-17-4-5-17)14-23-20(21)22-7-2-8-24-9-11-25-12-10-24/h3,6,13,17H,2,4-5,7-12,14-15H2,1H3,(H3,21,22,23). The third-order valence-corrected chi connectivity index (χ3v) is 4.87. The average Bonchev–Trinajstić information content (AvgIpc) is 3.48. The molecule has 2 fully saturated rings. The first-order chi connectivity index (χ1) is 12.7. The van der Waals surface area contributed by atoms with Crippen LogP contribution >= 0.6 is 0 Å². The van der Waals surface area contributed by atoms with E-state index in [1.54, 1.807) is 0 Å². The predicted octanol–water partition coefficient (Wildman–Crippen LogP) is 1.91. The van der Waals surface area contributed by atoms with E-state index < -0.39 is 0 Å². The molecule has 6 nitrogen and oxygen atoms in total. The van der Waals surface area contributed by atoms with Crippen molar-refractivity contribution in [1.29, 1.82) is 0 Å². The lowest BCUT2D eigenvalue weighted by molar-refractivity contribution is 0.0376. The van der Waals surface area contributed by atoms with Crippen molar-refractivity contribution >= 4 is 5.96 Å². The van der Waals surface area contributed by atoms with Crippen molar-refractivity contribution in [3.05, 3.63) is 29.3 Å². The zero-order valence-electron chi connectivity index (χ0n) is 15.9. The van der Waals surface area contributed by atoms with Crippen LogP contribution in [0.4, 0.5) is 0 Å². The highest BCUT2D eigenvalue weighted by Gasteiger charge is 2.22. The largest absolute Gasteiger partial charge is 0.493 e. The molecule has 1 aromatic rings. The summed E-state index contributed by atoms with van der Waals surface area (Å²) in [6, 6.07) is 6.28. The van der Waals surface area contributed by atoms with Gasteiger partial charge in [0.1, 0.15) is 5.75 Å². The summed E-state index contributed by atoms with van der Waals surface area (Å²) in [7, 11) is 0. The van der Waals surface area contributed by atoms with E-state index in [1.165, 1.54) is 18.4 Å². The minimum absolute atomic E-state index is 0.501. The lowest BCUT2D eigenvalue weighted by Gasteiger charge is -2.26. The molecule has 1 aliphatic carbocycles. The van der Waals surface area contributed by atoms with Crippen LogP contribution in [0.5, 0.6) is 5.75 Å². The molecule has 0 radical (unpaired) electrons. The summed E-state index contributed by atoms with van der Waals surface area (Å²) >= 11 is 0. The molecule has 0 unspecified atom stereocenters. The molecule has 0 bridgehead atoms. The normalized spacial score (nSPS) is 18.7. The van der Waals surface area contributed by atoms with Gasteiger partial charge in [-0.25, -0.2) is 4.99 Å². The Morgan fingerprint density at radius 3 is 2.92 bits per heavy atom. The highest BCUT2D eigenvalue weighted by molar-refractivity contribution is 5.77. The average molecular weight is 361 g/mol. The minimum Gasteiger partial charge on any atom is -0.493 e. The molecule has 1 aliphatic heterocycles. The second-order valence-electron chi connectivity index (χ2n) is 7.30. The Balaban J connectivity index is 1.41. The second kappa shape index (κ2) is 9.78. The number of aliphatic imine (C=N–C) groups is 1. The molecule has 3 rings (SSSR count). The first-order valence-corrected chi connectivity index (χ1v) is 9.77. The van der Waals surface area contributed by atoms with Crippen LogP contribution in [0, 0.1) is 12.8 Å². The summed E-state index contributed by atoms with van der Waals surface area (Å²) in [5.74, 6) is 2.19. The van der Waals surface area contributed by atoms with Crippen molar-refractivity contribution in [2.75, 3.05) is 46.0 Å². The number of hydrogen-bond acceptors (Lipinski definition) is 4. The first kappa shape index (κ1) is 19.0. The molecule has 0 aromatic heterocycles. The molecule has 0 spiro atoms. The quantitative estimate of drug-likeness (QED) is 0.400. The van der Waals surface area contributed by atoms with Crippen LogP contribution in [0.1, 0.15) is 30.4 Å². The van der Waals surface area contributed by atoms with Gasteiger partial charge in [-0.15, -0.1) is 0 Å². The molecule has 1 aromatic carbocycles. The Morgan fingerprint density at radius 1 is 1.35 bits per heavy atom. The smallest absolute Gasteiger partial charge is 0.188 e. The Morgan fingerprint density at radius 2 is 2.15 bits per heavy atom. The van der Waals surface area contributed by atoms with Crippen LogP contribution in [0.3, 0.4) is 0 Å². The lowest BCUT2D eigenvalue weighted by Crippen LogP contribution is -2.39. The number of rotatable bonds is 9. The third-order valence-electron chi connectivity index (χ3n) is 4.87. The summed E-state index contributed by atoms with van der Waals surface area (Å²) in [4.78, 5) is 6.91. The summed E-state index contributed by atoms with van der Waals surface area (Å²) in [6.45, 7) is 9.10. The number of benzene rings is 1. The summed E-state index contributed by atoms with van der Waals surface area (Å²) in [5, 5.41) is 3.21. The Kier molecular flexibility index (Phi) is 7.14. The number of hydrogen-bond donors (Lipinski definition) is 2. The van der Waals surface area contributed by atoms with Crippen LogP contribution in [0.2, 0.25) is 0 Å². The Bertz CT molecular complexity index is 595. The highest BCUT2D eigenvalue weighted by Crippen LogP contribution is 2.30. The first-order valence-electron chi connectivity index (χ1n) is 9.77. The molecule has 144 valence electrons. The number of morpholine rings is 1. The van der Waals surface area contributed by atoms with Gasteiger partial charge in [0.25, 0.3) is 0 Å². The van der Waals surface area contributed by atoms with Gasteiger partial charge in [0.15, 0.2) is 5.96 Å². The SMILES string of the molecule is Cc1ccc(CN=C(N)NCCCN2CCOCC2)c(OCC2CC2)c1. The predicted molar refractivity (Wildman–Crippen MR) is 105 cm³/mol. The van der Waals surface area contributed by atoms with E-state index in [2.05, 4.69) is 40.3 Å². The monoisotopic (exact) mass is 360 g/mol. The number of nitrogens with two attached hydrogens (primary N) is 1. The Labute approximate surface area is 156 Å². The molecule has 1 saturated heterocycles. The molecule has 2 aliphatic rings. The number of guanidine groups is 1. The lowest BCUT2D eigenvalue weighted by atomic mass is 10.1. The van der Waals surface area contributed by atoms with Gasteiger partial charge in [-0.3, -0.25) is 4.90 Å². The van der Waals surface area contributed by atoms with E-state index in [1.807, 2.05) is 0 Å². The van der Waals surface area contributed by atoms with E-state index in [0.717, 1.165) is 69.7 Å². The molecule has 0 atom stereocenters. The van der Waals surface area contributed by atoms with Crippen molar-refractivity contribution in [2.45, 2.75) is 32.7 Å². The maximum Gasteiger partial charge on any atom is 0.188 e. The molecule has 0 amide bonds. The van der Waals surface area contributed by atoms with E-state index in [0.29, 0.717) is 12.5 Å². The van der Waals surface area contributed by atoms with Crippen LogP contribution in [0.15, 0.2) is 23.2 Å². The van der Waals surface area contributed by atoms with E-state index in [9.17, 15) is 0 Å². The number of ether oxygens (including phenoxy) is 2. The van der Waals surface area contributed by atoms with Gasteiger partial charge < -0.3 is 20.5 Å². The molecule has 1 heterocycles. The minimum atomic E-state index is 0.501. The van der Waals surface area contributed by atoms with Crippen LogP contribution in [0.25, 0.3) is 0 Å².